The van der Waals surface area contributed by atoms with Gasteiger partial charge in [0.05, 0.1) is 11.1 Å². The number of hydrogen-bond donors (Lipinski definition) is 0. The Bertz CT molecular complexity index is 1080. The van der Waals surface area contributed by atoms with E-state index in [9.17, 15) is 9.59 Å². The van der Waals surface area contributed by atoms with Crippen molar-refractivity contribution in [3.05, 3.63) is 107 Å². The SMILES string of the molecule is CC(C)CCc1ccc(C(=O)OCC(OC(=O)c2ccc(CCC(C)C)cc2)c2ccccc2)cc1. The summed E-state index contributed by atoms with van der Waals surface area (Å²) in [6, 6.07) is 24.4. The van der Waals surface area contributed by atoms with E-state index in [1.807, 2.05) is 54.6 Å². The summed E-state index contributed by atoms with van der Waals surface area (Å²) in [5.41, 5.74) is 4.14. The minimum atomic E-state index is -0.700. The standard InChI is InChI=1S/C32H38O4/c1-23(2)10-12-25-14-18-28(19-15-25)31(33)35-22-30(27-8-6-5-7-9-27)36-32(34)29-20-16-26(17-21-29)13-11-24(3)4/h5-9,14-21,23-24,30H,10-13,22H2,1-4H3. The fourth-order valence-electron chi connectivity index (χ4n) is 3.82. The first-order valence-electron chi connectivity index (χ1n) is 12.9. The van der Waals surface area contributed by atoms with Gasteiger partial charge in [-0.3, -0.25) is 0 Å². The smallest absolute Gasteiger partial charge is 0.338 e. The molecule has 0 fully saturated rings. The molecule has 0 aromatic heterocycles. The highest BCUT2D eigenvalue weighted by Crippen LogP contribution is 2.21. The molecular weight excluding hydrogens is 448 g/mol. The van der Waals surface area contributed by atoms with E-state index in [1.165, 1.54) is 11.1 Å². The van der Waals surface area contributed by atoms with Crippen LogP contribution in [-0.4, -0.2) is 18.5 Å². The second-order valence-corrected chi connectivity index (χ2v) is 10.2. The number of esters is 2. The van der Waals surface area contributed by atoms with Gasteiger partial charge in [-0.2, -0.15) is 0 Å². The number of hydrogen-bond acceptors (Lipinski definition) is 4. The molecule has 0 spiro atoms. The van der Waals surface area contributed by atoms with Gasteiger partial charge in [-0.15, -0.1) is 0 Å². The lowest BCUT2D eigenvalue weighted by Crippen LogP contribution is -2.19. The van der Waals surface area contributed by atoms with E-state index < -0.39 is 18.0 Å². The molecular formula is C32H38O4. The first-order chi connectivity index (χ1) is 17.3. The van der Waals surface area contributed by atoms with Crippen molar-refractivity contribution in [2.75, 3.05) is 6.61 Å². The summed E-state index contributed by atoms with van der Waals surface area (Å²) in [5, 5.41) is 0. The van der Waals surface area contributed by atoms with Crippen LogP contribution in [0.2, 0.25) is 0 Å². The zero-order valence-electron chi connectivity index (χ0n) is 21.9. The maximum absolute atomic E-state index is 12.9. The molecule has 0 aliphatic carbocycles. The Kier molecular flexibility index (Phi) is 10.3. The number of carbonyl (C=O) groups is 2. The highest BCUT2D eigenvalue weighted by atomic mass is 16.6. The van der Waals surface area contributed by atoms with Gasteiger partial charge in [-0.05, 0) is 78.5 Å². The molecule has 1 unspecified atom stereocenters. The van der Waals surface area contributed by atoms with Crippen molar-refractivity contribution in [2.45, 2.75) is 59.5 Å². The Labute approximate surface area is 215 Å². The molecule has 0 radical (unpaired) electrons. The third-order valence-corrected chi connectivity index (χ3v) is 6.19. The molecule has 0 bridgehead atoms. The average molecular weight is 487 g/mol. The quantitative estimate of drug-likeness (QED) is 0.247. The van der Waals surface area contributed by atoms with Gasteiger partial charge in [0.25, 0.3) is 0 Å². The van der Waals surface area contributed by atoms with Crippen LogP contribution in [-0.2, 0) is 22.3 Å². The van der Waals surface area contributed by atoms with Gasteiger partial charge in [0.1, 0.15) is 6.61 Å². The molecule has 190 valence electrons. The predicted molar refractivity (Wildman–Crippen MR) is 144 cm³/mol. The van der Waals surface area contributed by atoms with Gasteiger partial charge in [0.15, 0.2) is 6.10 Å². The summed E-state index contributed by atoms with van der Waals surface area (Å²) >= 11 is 0. The summed E-state index contributed by atoms with van der Waals surface area (Å²) in [6.07, 6.45) is 3.47. The fraction of sp³-hybridized carbons (Fsp3) is 0.375. The molecule has 36 heavy (non-hydrogen) atoms. The van der Waals surface area contributed by atoms with Crippen LogP contribution in [0.5, 0.6) is 0 Å². The number of carbonyl (C=O) groups excluding carboxylic acids is 2. The molecule has 0 amide bonds. The van der Waals surface area contributed by atoms with Crippen LogP contribution < -0.4 is 0 Å². The van der Waals surface area contributed by atoms with Crippen LogP contribution in [0.15, 0.2) is 78.9 Å². The van der Waals surface area contributed by atoms with E-state index in [0.717, 1.165) is 31.2 Å². The molecule has 0 saturated heterocycles. The monoisotopic (exact) mass is 486 g/mol. The zero-order chi connectivity index (χ0) is 25.9. The third kappa shape index (κ3) is 8.67. The first kappa shape index (κ1) is 27.2. The van der Waals surface area contributed by atoms with Crippen LogP contribution in [0, 0.1) is 11.8 Å². The van der Waals surface area contributed by atoms with Crippen molar-refractivity contribution < 1.29 is 19.1 Å². The second-order valence-electron chi connectivity index (χ2n) is 10.2. The minimum Gasteiger partial charge on any atom is -0.458 e. The molecule has 0 saturated carbocycles. The van der Waals surface area contributed by atoms with Crippen molar-refractivity contribution in [3.63, 3.8) is 0 Å². The molecule has 0 aliphatic rings. The van der Waals surface area contributed by atoms with Gasteiger partial charge >= 0.3 is 11.9 Å². The summed E-state index contributed by atoms with van der Waals surface area (Å²) in [5.74, 6) is 0.392. The van der Waals surface area contributed by atoms with Crippen molar-refractivity contribution >= 4 is 11.9 Å². The van der Waals surface area contributed by atoms with Gasteiger partial charge in [-0.25, -0.2) is 9.59 Å². The summed E-state index contributed by atoms with van der Waals surface area (Å²) in [7, 11) is 0. The largest absolute Gasteiger partial charge is 0.458 e. The molecule has 0 aliphatic heterocycles. The normalized spacial score (nSPS) is 11.9. The second kappa shape index (κ2) is 13.6. The Morgan fingerprint density at radius 2 is 1.11 bits per heavy atom. The molecule has 0 N–H and O–H groups in total. The number of rotatable bonds is 12. The molecule has 0 heterocycles. The van der Waals surface area contributed by atoms with Gasteiger partial charge in [0.2, 0.25) is 0 Å². The van der Waals surface area contributed by atoms with Crippen LogP contribution in [0.3, 0.4) is 0 Å². The van der Waals surface area contributed by atoms with E-state index in [-0.39, 0.29) is 6.61 Å². The molecule has 3 aromatic carbocycles. The molecule has 3 rings (SSSR count). The van der Waals surface area contributed by atoms with Crippen LogP contribution in [0.4, 0.5) is 0 Å². The lowest BCUT2D eigenvalue weighted by molar-refractivity contribution is -0.00133. The van der Waals surface area contributed by atoms with Gasteiger partial charge in [-0.1, -0.05) is 82.3 Å². The highest BCUT2D eigenvalue weighted by molar-refractivity contribution is 5.90. The van der Waals surface area contributed by atoms with E-state index >= 15 is 0 Å². The molecule has 1 atom stereocenters. The molecule has 3 aromatic rings. The Balaban J connectivity index is 1.63. The first-order valence-corrected chi connectivity index (χ1v) is 12.9. The third-order valence-electron chi connectivity index (χ3n) is 6.19. The van der Waals surface area contributed by atoms with Crippen LogP contribution in [0.25, 0.3) is 0 Å². The lowest BCUT2D eigenvalue weighted by atomic mass is 10.0. The summed E-state index contributed by atoms with van der Waals surface area (Å²) in [6.45, 7) is 8.74. The van der Waals surface area contributed by atoms with Gasteiger partial charge < -0.3 is 9.47 Å². The molecule has 4 heteroatoms. The van der Waals surface area contributed by atoms with E-state index in [4.69, 9.17) is 9.47 Å². The lowest BCUT2D eigenvalue weighted by Gasteiger charge is -2.19. The van der Waals surface area contributed by atoms with Crippen LogP contribution >= 0.6 is 0 Å². The van der Waals surface area contributed by atoms with Crippen molar-refractivity contribution in [1.82, 2.24) is 0 Å². The minimum absolute atomic E-state index is 0.0594. The van der Waals surface area contributed by atoms with E-state index in [0.29, 0.717) is 23.0 Å². The topological polar surface area (TPSA) is 52.6 Å². The van der Waals surface area contributed by atoms with Gasteiger partial charge in [0, 0.05) is 0 Å². The average Bonchev–Trinajstić information content (AvgIpc) is 2.89. The van der Waals surface area contributed by atoms with Crippen molar-refractivity contribution in [2.24, 2.45) is 11.8 Å². The summed E-state index contributed by atoms with van der Waals surface area (Å²) in [4.78, 5) is 25.6. The van der Waals surface area contributed by atoms with Crippen molar-refractivity contribution in [3.8, 4) is 0 Å². The van der Waals surface area contributed by atoms with E-state index in [1.54, 1.807) is 24.3 Å². The van der Waals surface area contributed by atoms with Crippen LogP contribution in [0.1, 0.15) is 84.0 Å². The maximum atomic E-state index is 12.9. The Morgan fingerprint density at radius 1 is 0.639 bits per heavy atom. The number of benzene rings is 3. The number of aryl methyl sites for hydroxylation is 2. The van der Waals surface area contributed by atoms with E-state index in [2.05, 4.69) is 27.7 Å². The highest BCUT2D eigenvalue weighted by Gasteiger charge is 2.21. The Morgan fingerprint density at radius 3 is 1.58 bits per heavy atom. The maximum Gasteiger partial charge on any atom is 0.338 e. The molecule has 4 nitrogen and oxygen atoms in total. The zero-order valence-corrected chi connectivity index (χ0v) is 21.9. The predicted octanol–water partition coefficient (Wildman–Crippen LogP) is 7.62. The van der Waals surface area contributed by atoms with Crippen molar-refractivity contribution in [1.29, 1.82) is 0 Å². The summed E-state index contributed by atoms with van der Waals surface area (Å²) < 4.78 is 11.4. The number of ether oxygens (including phenoxy) is 2. The Hall–Kier alpha value is -3.40. The fourth-order valence-corrected chi connectivity index (χ4v) is 3.82.